The molecule has 1 N–H and O–H groups in total. The van der Waals surface area contributed by atoms with Gasteiger partial charge in [0.05, 0.1) is 5.69 Å². The highest BCUT2D eigenvalue weighted by Gasteiger charge is 2.26. The van der Waals surface area contributed by atoms with Gasteiger partial charge in [0.25, 0.3) is 0 Å². The van der Waals surface area contributed by atoms with Crippen LogP contribution in [-0.4, -0.2) is 28.0 Å². The van der Waals surface area contributed by atoms with Crippen LogP contribution in [0.15, 0.2) is 5.38 Å². The maximum absolute atomic E-state index is 11.3. The van der Waals surface area contributed by atoms with Gasteiger partial charge in [0.15, 0.2) is 5.13 Å². The summed E-state index contributed by atoms with van der Waals surface area (Å²) in [6.45, 7) is 4.58. The second-order valence-electron chi connectivity index (χ2n) is 3.17. The molecule has 0 fully saturated rings. The van der Waals surface area contributed by atoms with E-state index in [-0.39, 0.29) is 5.91 Å². The van der Waals surface area contributed by atoms with Crippen LogP contribution in [0.25, 0.3) is 0 Å². The highest BCUT2D eigenvalue weighted by molar-refractivity contribution is 7.14. The predicted octanol–water partition coefficient (Wildman–Crippen LogP) is 1.28. The van der Waals surface area contributed by atoms with Crippen LogP contribution in [0.1, 0.15) is 19.5 Å². The molecule has 0 aliphatic carbocycles. The zero-order valence-corrected chi connectivity index (χ0v) is 9.54. The molecule has 0 bridgehead atoms. The third-order valence-electron chi connectivity index (χ3n) is 1.90. The van der Waals surface area contributed by atoms with E-state index >= 15 is 0 Å². The summed E-state index contributed by atoms with van der Waals surface area (Å²) in [5.74, 6) is -1.36. The first-order valence-corrected chi connectivity index (χ1v) is 5.26. The van der Waals surface area contributed by atoms with Crippen LogP contribution in [-0.2, 0) is 9.59 Å². The lowest BCUT2D eigenvalue weighted by Gasteiger charge is -2.21. The van der Waals surface area contributed by atoms with E-state index in [0.29, 0.717) is 5.13 Å². The van der Waals surface area contributed by atoms with Crippen molar-refractivity contribution in [2.24, 2.45) is 0 Å². The number of amides is 1. The molecule has 1 aromatic rings. The van der Waals surface area contributed by atoms with Gasteiger partial charge < -0.3 is 5.11 Å². The Balaban J connectivity index is 3.03. The number of hydrogen-bond donors (Lipinski definition) is 1. The quantitative estimate of drug-likeness (QED) is 0.846. The summed E-state index contributed by atoms with van der Waals surface area (Å²) in [5.41, 5.74) is 0.777. The molecule has 0 radical (unpaired) electrons. The minimum Gasteiger partial charge on any atom is -0.480 e. The second-order valence-corrected chi connectivity index (χ2v) is 4.01. The van der Waals surface area contributed by atoms with Crippen molar-refractivity contribution in [2.45, 2.75) is 26.8 Å². The number of thiazole rings is 1. The van der Waals surface area contributed by atoms with Crippen LogP contribution in [0.3, 0.4) is 0 Å². The molecule has 1 aromatic heterocycles. The van der Waals surface area contributed by atoms with E-state index in [0.717, 1.165) is 5.69 Å². The number of carbonyl (C=O) groups is 2. The van der Waals surface area contributed by atoms with Crippen LogP contribution < -0.4 is 4.90 Å². The lowest BCUT2D eigenvalue weighted by molar-refractivity contribution is -0.139. The number of rotatable bonds is 3. The van der Waals surface area contributed by atoms with Crippen LogP contribution in [0, 0.1) is 6.92 Å². The van der Waals surface area contributed by atoms with Crippen molar-refractivity contribution in [1.82, 2.24) is 4.98 Å². The summed E-state index contributed by atoms with van der Waals surface area (Å²) in [7, 11) is 0. The van der Waals surface area contributed by atoms with E-state index < -0.39 is 12.0 Å². The molecule has 5 nitrogen and oxygen atoms in total. The van der Waals surface area contributed by atoms with Crippen molar-refractivity contribution in [1.29, 1.82) is 0 Å². The van der Waals surface area contributed by atoms with Crippen LogP contribution in [0.4, 0.5) is 5.13 Å². The Morgan fingerprint density at radius 3 is 2.53 bits per heavy atom. The number of aromatic nitrogens is 1. The topological polar surface area (TPSA) is 70.5 Å². The molecule has 0 saturated carbocycles. The Kier molecular flexibility index (Phi) is 3.41. The van der Waals surface area contributed by atoms with E-state index in [1.54, 1.807) is 12.3 Å². The van der Waals surface area contributed by atoms with Crippen LogP contribution in [0.5, 0.6) is 0 Å². The predicted molar refractivity (Wildman–Crippen MR) is 57.1 cm³/mol. The zero-order valence-electron chi connectivity index (χ0n) is 8.72. The number of nitrogens with zero attached hydrogens (tertiary/aromatic N) is 2. The minimum absolute atomic E-state index is 0.320. The molecule has 0 saturated heterocycles. The average Bonchev–Trinajstić information content (AvgIpc) is 2.51. The Hall–Kier alpha value is -1.43. The number of aliphatic carboxylic acids is 1. The van der Waals surface area contributed by atoms with Gasteiger partial charge in [0.1, 0.15) is 6.04 Å². The molecule has 1 heterocycles. The standard InChI is InChI=1S/C9H12N2O3S/c1-5-4-15-9(10-5)11(7(3)12)6(2)8(13)14/h4,6H,1-3H3,(H,13,14). The van der Waals surface area contributed by atoms with Gasteiger partial charge in [-0.3, -0.25) is 9.69 Å². The highest BCUT2D eigenvalue weighted by Crippen LogP contribution is 2.22. The first kappa shape index (κ1) is 11.6. The maximum Gasteiger partial charge on any atom is 0.326 e. The van der Waals surface area contributed by atoms with Crippen molar-refractivity contribution in [2.75, 3.05) is 4.90 Å². The van der Waals surface area contributed by atoms with Gasteiger partial charge in [-0.05, 0) is 13.8 Å². The number of carboxylic acids is 1. The number of anilines is 1. The van der Waals surface area contributed by atoms with E-state index in [9.17, 15) is 9.59 Å². The SMILES string of the molecule is CC(=O)N(c1nc(C)cs1)C(C)C(=O)O. The molecular weight excluding hydrogens is 216 g/mol. The molecular formula is C9H12N2O3S. The zero-order chi connectivity index (χ0) is 11.6. The molecule has 15 heavy (non-hydrogen) atoms. The first-order valence-electron chi connectivity index (χ1n) is 4.38. The molecule has 0 aliphatic rings. The van der Waals surface area contributed by atoms with Crippen LogP contribution >= 0.6 is 11.3 Å². The van der Waals surface area contributed by atoms with Crippen molar-refractivity contribution < 1.29 is 14.7 Å². The van der Waals surface area contributed by atoms with Crippen molar-refractivity contribution in [3.05, 3.63) is 11.1 Å². The van der Waals surface area contributed by atoms with E-state index in [2.05, 4.69) is 4.98 Å². The fourth-order valence-corrected chi connectivity index (χ4v) is 2.06. The van der Waals surface area contributed by atoms with Gasteiger partial charge in [-0.25, -0.2) is 9.78 Å². The molecule has 1 rings (SSSR count). The van der Waals surface area contributed by atoms with Gasteiger partial charge in [-0.1, -0.05) is 0 Å². The molecule has 0 aliphatic heterocycles. The smallest absolute Gasteiger partial charge is 0.326 e. The second kappa shape index (κ2) is 4.39. The van der Waals surface area contributed by atoms with Gasteiger partial charge in [0, 0.05) is 12.3 Å². The summed E-state index contributed by atoms with van der Waals surface area (Å²) >= 11 is 1.26. The monoisotopic (exact) mass is 228 g/mol. The normalized spacial score (nSPS) is 12.2. The van der Waals surface area contributed by atoms with Gasteiger partial charge in [-0.15, -0.1) is 11.3 Å². The molecule has 0 spiro atoms. The average molecular weight is 228 g/mol. The Labute approximate surface area is 91.4 Å². The molecule has 0 aromatic carbocycles. The summed E-state index contributed by atoms with van der Waals surface area (Å²) in [5, 5.41) is 11.1. The highest BCUT2D eigenvalue weighted by atomic mass is 32.1. The summed E-state index contributed by atoms with van der Waals surface area (Å²) in [6.07, 6.45) is 0. The van der Waals surface area contributed by atoms with Crippen molar-refractivity contribution >= 4 is 28.3 Å². The summed E-state index contributed by atoms with van der Waals surface area (Å²) < 4.78 is 0. The third kappa shape index (κ3) is 2.53. The lowest BCUT2D eigenvalue weighted by Crippen LogP contribution is -2.42. The van der Waals surface area contributed by atoms with Gasteiger partial charge >= 0.3 is 5.97 Å². The molecule has 1 atom stereocenters. The van der Waals surface area contributed by atoms with Gasteiger partial charge in [-0.2, -0.15) is 0 Å². The number of hydrogen-bond acceptors (Lipinski definition) is 4. The van der Waals surface area contributed by atoms with Crippen LogP contribution in [0.2, 0.25) is 0 Å². The van der Waals surface area contributed by atoms with Gasteiger partial charge in [0.2, 0.25) is 5.91 Å². The fourth-order valence-electron chi connectivity index (χ4n) is 1.14. The summed E-state index contributed by atoms with van der Waals surface area (Å²) in [6, 6.07) is -0.895. The van der Waals surface area contributed by atoms with E-state index in [1.165, 1.54) is 30.1 Å². The Bertz CT molecular complexity index is 388. The minimum atomic E-state index is -1.04. The van der Waals surface area contributed by atoms with E-state index in [4.69, 9.17) is 5.11 Å². The first-order chi connectivity index (χ1) is 6.93. The third-order valence-corrected chi connectivity index (χ3v) is 2.85. The largest absolute Gasteiger partial charge is 0.480 e. The molecule has 1 amide bonds. The maximum atomic E-state index is 11.3. The Morgan fingerprint density at radius 1 is 1.60 bits per heavy atom. The van der Waals surface area contributed by atoms with E-state index in [1.807, 2.05) is 0 Å². The molecule has 82 valence electrons. The number of carbonyl (C=O) groups excluding carboxylic acids is 1. The van der Waals surface area contributed by atoms with Crippen molar-refractivity contribution in [3.63, 3.8) is 0 Å². The number of carboxylic acid groups (broad SMARTS) is 1. The summed E-state index contributed by atoms with van der Waals surface area (Å²) in [4.78, 5) is 27.4. The molecule has 1 unspecified atom stereocenters. The number of aryl methyl sites for hydroxylation is 1. The van der Waals surface area contributed by atoms with Crippen molar-refractivity contribution in [3.8, 4) is 0 Å². The Morgan fingerprint density at radius 2 is 2.20 bits per heavy atom. The fraction of sp³-hybridized carbons (Fsp3) is 0.444. The molecule has 6 heteroatoms. The lowest BCUT2D eigenvalue weighted by atomic mass is 10.3.